The molecule has 1 atom stereocenters. The highest BCUT2D eigenvalue weighted by Gasteiger charge is 2.27. The number of carbonyl (C=O) groups is 1. The molecule has 0 radical (unpaired) electrons. The van der Waals surface area contributed by atoms with E-state index in [-0.39, 0.29) is 11.8 Å². The fourth-order valence-electron chi connectivity index (χ4n) is 3.29. The molecular formula is C17H22N4O2. The maximum absolute atomic E-state index is 12.7. The zero-order chi connectivity index (χ0) is 15.8. The summed E-state index contributed by atoms with van der Waals surface area (Å²) in [7, 11) is 0. The molecule has 1 saturated heterocycles. The first-order valence-electron chi connectivity index (χ1n) is 8.48. The Bertz CT molecular complexity index is 730. The van der Waals surface area contributed by atoms with Crippen molar-refractivity contribution in [1.29, 1.82) is 0 Å². The first kappa shape index (κ1) is 14.6. The van der Waals surface area contributed by atoms with Gasteiger partial charge in [-0.1, -0.05) is 5.16 Å². The highest BCUT2D eigenvalue weighted by Crippen LogP contribution is 2.32. The lowest BCUT2D eigenvalue weighted by Crippen LogP contribution is -2.29. The van der Waals surface area contributed by atoms with Crippen LogP contribution in [0.1, 0.15) is 53.3 Å². The van der Waals surface area contributed by atoms with Gasteiger partial charge in [0.25, 0.3) is 11.6 Å². The predicted octanol–water partition coefficient (Wildman–Crippen LogP) is 2.14. The maximum atomic E-state index is 12.7. The quantitative estimate of drug-likeness (QED) is 0.904. The molecule has 2 aromatic rings. The van der Waals surface area contributed by atoms with Crippen molar-refractivity contribution in [2.75, 3.05) is 19.6 Å². The molecule has 4 rings (SSSR count). The molecule has 2 N–H and O–H groups in total. The number of fused-ring (bicyclic) bond motifs is 1. The van der Waals surface area contributed by atoms with Crippen molar-refractivity contribution in [3.63, 3.8) is 0 Å². The van der Waals surface area contributed by atoms with Crippen molar-refractivity contribution >= 4 is 17.0 Å². The van der Waals surface area contributed by atoms with Gasteiger partial charge in [-0.25, -0.2) is 4.98 Å². The molecule has 122 valence electrons. The number of pyridine rings is 1. The van der Waals surface area contributed by atoms with Crippen molar-refractivity contribution in [2.24, 2.45) is 5.92 Å². The second-order valence-corrected chi connectivity index (χ2v) is 6.76. The fourth-order valence-corrected chi connectivity index (χ4v) is 3.29. The van der Waals surface area contributed by atoms with E-state index < -0.39 is 0 Å². The Kier molecular flexibility index (Phi) is 3.77. The van der Waals surface area contributed by atoms with Gasteiger partial charge in [0, 0.05) is 24.7 Å². The van der Waals surface area contributed by atoms with Crippen LogP contribution in [0, 0.1) is 12.8 Å². The van der Waals surface area contributed by atoms with Crippen molar-refractivity contribution < 1.29 is 9.32 Å². The van der Waals surface area contributed by atoms with Gasteiger partial charge in [0.15, 0.2) is 0 Å². The van der Waals surface area contributed by atoms with Crippen LogP contribution in [0.15, 0.2) is 10.6 Å². The second kappa shape index (κ2) is 5.92. The third kappa shape index (κ3) is 2.95. The molecular weight excluding hydrogens is 292 g/mol. The van der Waals surface area contributed by atoms with E-state index >= 15 is 0 Å². The van der Waals surface area contributed by atoms with Crippen LogP contribution in [0.2, 0.25) is 0 Å². The van der Waals surface area contributed by atoms with E-state index in [2.05, 4.69) is 20.8 Å². The third-order valence-electron chi connectivity index (χ3n) is 4.78. The van der Waals surface area contributed by atoms with Crippen LogP contribution in [-0.4, -0.2) is 35.7 Å². The molecule has 2 aromatic heterocycles. The van der Waals surface area contributed by atoms with E-state index in [1.165, 1.54) is 12.8 Å². The standard InChI is InChI=1S/C17H22N4O2/c1-10-7-13(16(22)19-8-11-4-5-11)14-15(21-23-17(14)20-10)12-3-2-6-18-9-12/h7,11-12,18H,2-6,8-9H2,1H3,(H,19,22). The molecule has 6 heteroatoms. The minimum absolute atomic E-state index is 0.0411. The number of carbonyl (C=O) groups excluding carboxylic acids is 1. The average Bonchev–Trinajstić information content (AvgIpc) is 3.31. The number of piperidine rings is 1. The first-order valence-corrected chi connectivity index (χ1v) is 8.48. The summed E-state index contributed by atoms with van der Waals surface area (Å²) in [6, 6.07) is 1.85. The van der Waals surface area contributed by atoms with E-state index in [9.17, 15) is 4.79 Å². The second-order valence-electron chi connectivity index (χ2n) is 6.76. The summed E-state index contributed by atoms with van der Waals surface area (Å²) >= 11 is 0. The number of nitrogens with one attached hydrogen (secondary N) is 2. The molecule has 2 aliphatic rings. The van der Waals surface area contributed by atoms with Crippen molar-refractivity contribution in [3.05, 3.63) is 23.0 Å². The van der Waals surface area contributed by atoms with Gasteiger partial charge >= 0.3 is 0 Å². The minimum atomic E-state index is -0.0411. The smallest absolute Gasteiger partial charge is 0.259 e. The Morgan fingerprint density at radius 3 is 3.04 bits per heavy atom. The van der Waals surface area contributed by atoms with Gasteiger partial charge in [0.05, 0.1) is 16.6 Å². The van der Waals surface area contributed by atoms with Crippen LogP contribution in [-0.2, 0) is 0 Å². The molecule has 0 spiro atoms. The number of aromatic nitrogens is 2. The number of rotatable bonds is 4. The molecule has 1 aliphatic heterocycles. The predicted molar refractivity (Wildman–Crippen MR) is 86.4 cm³/mol. The Morgan fingerprint density at radius 1 is 1.43 bits per heavy atom. The van der Waals surface area contributed by atoms with E-state index in [1.807, 2.05) is 13.0 Å². The van der Waals surface area contributed by atoms with Crippen LogP contribution in [0.3, 0.4) is 0 Å². The molecule has 1 unspecified atom stereocenters. The molecule has 23 heavy (non-hydrogen) atoms. The fraction of sp³-hybridized carbons (Fsp3) is 0.588. The van der Waals surface area contributed by atoms with Crippen molar-refractivity contribution in [2.45, 2.75) is 38.5 Å². The van der Waals surface area contributed by atoms with Crippen LogP contribution < -0.4 is 10.6 Å². The molecule has 0 bridgehead atoms. The van der Waals surface area contributed by atoms with Gasteiger partial charge in [-0.3, -0.25) is 4.79 Å². The highest BCUT2D eigenvalue weighted by molar-refractivity contribution is 6.06. The lowest BCUT2D eigenvalue weighted by Gasteiger charge is -2.21. The molecule has 1 aliphatic carbocycles. The zero-order valence-electron chi connectivity index (χ0n) is 13.4. The Labute approximate surface area is 135 Å². The van der Waals surface area contributed by atoms with Gasteiger partial charge < -0.3 is 15.2 Å². The zero-order valence-corrected chi connectivity index (χ0v) is 13.4. The summed E-state index contributed by atoms with van der Waals surface area (Å²) in [5, 5.41) is 11.5. The van der Waals surface area contributed by atoms with Crippen LogP contribution in [0.5, 0.6) is 0 Å². The summed E-state index contributed by atoms with van der Waals surface area (Å²) in [4.78, 5) is 17.1. The average molecular weight is 314 g/mol. The van der Waals surface area contributed by atoms with E-state index in [0.717, 1.165) is 49.2 Å². The number of hydrogen-bond acceptors (Lipinski definition) is 5. The maximum Gasteiger partial charge on any atom is 0.259 e. The van der Waals surface area contributed by atoms with Gasteiger partial charge in [-0.05, 0) is 51.1 Å². The van der Waals surface area contributed by atoms with E-state index in [0.29, 0.717) is 17.2 Å². The van der Waals surface area contributed by atoms with Gasteiger partial charge in [-0.2, -0.15) is 0 Å². The molecule has 3 heterocycles. The molecule has 2 fully saturated rings. The summed E-state index contributed by atoms with van der Waals surface area (Å²) < 4.78 is 5.44. The normalized spacial score (nSPS) is 21.5. The lowest BCUT2D eigenvalue weighted by atomic mass is 9.93. The van der Waals surface area contributed by atoms with Gasteiger partial charge in [-0.15, -0.1) is 0 Å². The summed E-state index contributed by atoms with van der Waals surface area (Å²) in [5.74, 6) is 0.895. The van der Waals surface area contributed by atoms with Gasteiger partial charge in [0.2, 0.25) is 0 Å². The third-order valence-corrected chi connectivity index (χ3v) is 4.78. The minimum Gasteiger partial charge on any atom is -0.352 e. The Hall–Kier alpha value is -1.95. The van der Waals surface area contributed by atoms with Crippen LogP contribution in [0.4, 0.5) is 0 Å². The topological polar surface area (TPSA) is 80.0 Å². The Balaban J connectivity index is 1.71. The summed E-state index contributed by atoms with van der Waals surface area (Å²) in [5.41, 5.74) is 2.77. The van der Waals surface area contributed by atoms with E-state index in [1.54, 1.807) is 0 Å². The molecule has 1 amide bonds. The van der Waals surface area contributed by atoms with Crippen molar-refractivity contribution in [3.8, 4) is 0 Å². The first-order chi connectivity index (χ1) is 11.2. The largest absolute Gasteiger partial charge is 0.352 e. The summed E-state index contributed by atoms with van der Waals surface area (Å²) in [6.07, 6.45) is 4.61. The monoisotopic (exact) mass is 314 g/mol. The van der Waals surface area contributed by atoms with Gasteiger partial charge in [0.1, 0.15) is 0 Å². The van der Waals surface area contributed by atoms with E-state index in [4.69, 9.17) is 4.52 Å². The summed E-state index contributed by atoms with van der Waals surface area (Å²) in [6.45, 7) is 4.55. The molecule has 0 aromatic carbocycles. The van der Waals surface area contributed by atoms with Crippen molar-refractivity contribution in [1.82, 2.24) is 20.8 Å². The number of nitrogens with zero attached hydrogens (tertiary/aromatic N) is 2. The molecule has 6 nitrogen and oxygen atoms in total. The SMILES string of the molecule is Cc1cc(C(=O)NCC2CC2)c2c(C3CCCNC3)noc2n1. The number of amides is 1. The molecule has 1 saturated carbocycles. The number of aryl methyl sites for hydroxylation is 1. The lowest BCUT2D eigenvalue weighted by molar-refractivity contribution is 0.0953. The number of hydrogen-bond donors (Lipinski definition) is 2. The Morgan fingerprint density at radius 2 is 2.30 bits per heavy atom. The highest BCUT2D eigenvalue weighted by atomic mass is 16.5. The van der Waals surface area contributed by atoms with Crippen LogP contribution >= 0.6 is 0 Å². The van der Waals surface area contributed by atoms with Crippen LogP contribution in [0.25, 0.3) is 11.1 Å².